The highest BCUT2D eigenvalue weighted by molar-refractivity contribution is 6.05. The van der Waals surface area contributed by atoms with Crippen LogP contribution in [0.1, 0.15) is 120 Å². The first-order valence-corrected chi connectivity index (χ1v) is 34.6. The first kappa shape index (κ1) is 74.9. The Hall–Kier alpha value is -12.8. The lowest BCUT2D eigenvalue weighted by Crippen LogP contribution is -2.10. The molecular formula is C88H80O17. The monoisotopic (exact) mass is 1410 g/mol. The van der Waals surface area contributed by atoms with Gasteiger partial charge in [0.15, 0.2) is 5.78 Å². The molecule has 105 heavy (non-hydrogen) atoms. The molecule has 10 rings (SSSR count). The van der Waals surface area contributed by atoms with Gasteiger partial charge in [0.25, 0.3) is 0 Å². The van der Waals surface area contributed by atoms with Crippen molar-refractivity contribution >= 4 is 46.8 Å². The molecule has 0 aromatic heterocycles. The van der Waals surface area contributed by atoms with Crippen LogP contribution in [0.15, 0.2) is 268 Å². The Morgan fingerprint density at radius 2 is 0.543 bits per heavy atom. The molecule has 0 bridgehead atoms. The van der Waals surface area contributed by atoms with Crippen LogP contribution in [0.5, 0.6) is 57.5 Å². The minimum absolute atomic E-state index is 0.0647. The van der Waals surface area contributed by atoms with Crippen molar-refractivity contribution in [2.24, 2.45) is 0 Å². The van der Waals surface area contributed by atoms with Crippen molar-refractivity contribution in [3.63, 3.8) is 0 Å². The molecule has 0 unspecified atom stereocenters. The third kappa shape index (κ3) is 23.1. The Labute approximate surface area is 610 Å². The van der Waals surface area contributed by atoms with Gasteiger partial charge in [-0.2, -0.15) is 0 Å². The Morgan fingerprint density at radius 1 is 0.286 bits per heavy atom. The lowest BCUT2D eigenvalue weighted by Gasteiger charge is -2.19. The number of ether oxygens (including phenoxy) is 11. The zero-order valence-corrected chi connectivity index (χ0v) is 58.5. The van der Waals surface area contributed by atoms with Crippen molar-refractivity contribution in [3.05, 3.63) is 324 Å². The Kier molecular flexibility index (Phi) is 27.7. The van der Waals surface area contributed by atoms with Gasteiger partial charge in [-0.15, -0.1) is 0 Å². The number of hydrogen-bond acceptors (Lipinski definition) is 17. The van der Waals surface area contributed by atoms with Gasteiger partial charge in [-0.3, -0.25) is 4.79 Å². The zero-order valence-electron chi connectivity index (χ0n) is 58.5. The summed E-state index contributed by atoms with van der Waals surface area (Å²) < 4.78 is 63.9. The standard InChI is InChI=1S/C88H80O17/c1-5-8-10-53-95-73-35-27-68(28-36-73)86(92)103-79-43-21-65(22-44-79)84(66-25-47-81(48-26-66)104-87(93)69-29-37-74(38-30-69)98-57-56-97-72-33-15-62(16-34-72)60-71(89)6-2)83(63-19-41-78(42-20-63)102-85(91)67-17-13-61(4)14-18-67)64-23-45-80(46-24-64)105-88(94)70-31-39-75(40-32-70)99-58-59-100-77-51-49-76(50-52-77)96-54-11-9-12-55-101-82(90)7-3/h6-7,13-52H,2-3,5,8-12,53-60H2,1,4H3/b84-83+. The summed E-state index contributed by atoms with van der Waals surface area (Å²) in [6.07, 6.45) is 8.20. The van der Waals surface area contributed by atoms with Crippen LogP contribution in [0.25, 0.3) is 11.1 Å². The zero-order chi connectivity index (χ0) is 73.5. The number of ketones is 1. The predicted molar refractivity (Wildman–Crippen MR) is 400 cm³/mol. The predicted octanol–water partition coefficient (Wildman–Crippen LogP) is 17.9. The van der Waals surface area contributed by atoms with E-state index in [4.69, 9.17) is 52.1 Å². The molecule has 10 aromatic carbocycles. The molecule has 0 fully saturated rings. The normalized spacial score (nSPS) is 11.0. The molecule has 0 spiro atoms. The molecule has 0 amide bonds. The summed E-state index contributed by atoms with van der Waals surface area (Å²) in [6, 6.07) is 69.9. The van der Waals surface area contributed by atoms with Crippen LogP contribution in [-0.2, 0) is 20.7 Å². The van der Waals surface area contributed by atoms with Crippen LogP contribution in [0.3, 0.4) is 0 Å². The van der Waals surface area contributed by atoms with Gasteiger partial charge in [0, 0.05) is 12.5 Å². The fraction of sp³-hybridized carbons (Fsp3) is 0.182. The average molecular weight is 1410 g/mol. The Bertz CT molecular complexity index is 4550. The molecule has 17 heteroatoms. The molecule has 0 heterocycles. The second-order valence-electron chi connectivity index (χ2n) is 24.0. The maximum atomic E-state index is 13.7. The van der Waals surface area contributed by atoms with Crippen LogP contribution in [-0.4, -0.2) is 81.9 Å². The van der Waals surface area contributed by atoms with Gasteiger partial charge in [0.2, 0.25) is 0 Å². The van der Waals surface area contributed by atoms with Gasteiger partial charge >= 0.3 is 29.8 Å². The van der Waals surface area contributed by atoms with Crippen molar-refractivity contribution in [2.45, 2.75) is 58.8 Å². The molecule has 17 nitrogen and oxygen atoms in total. The summed E-state index contributed by atoms with van der Waals surface area (Å²) in [6.45, 7) is 13.4. The van der Waals surface area contributed by atoms with Gasteiger partial charge in [-0.05, 0) is 248 Å². The molecule has 0 radical (unpaired) electrons. The van der Waals surface area contributed by atoms with E-state index in [0.717, 1.165) is 55.7 Å². The van der Waals surface area contributed by atoms with E-state index in [9.17, 15) is 28.8 Å². The van der Waals surface area contributed by atoms with Crippen LogP contribution >= 0.6 is 0 Å². The summed E-state index contributed by atoms with van der Waals surface area (Å²) in [5.74, 6) is 2.04. The smallest absolute Gasteiger partial charge is 0.343 e. The number of carbonyl (C=O) groups is 6. The van der Waals surface area contributed by atoms with Crippen molar-refractivity contribution in [1.82, 2.24) is 0 Å². The summed E-state index contributed by atoms with van der Waals surface area (Å²) in [5.41, 5.74) is 7.28. The lowest BCUT2D eigenvalue weighted by molar-refractivity contribution is -0.137. The number of esters is 5. The number of aryl methyl sites for hydroxylation is 1. The number of benzene rings is 10. The van der Waals surface area contributed by atoms with Crippen LogP contribution in [0.4, 0.5) is 0 Å². The van der Waals surface area contributed by atoms with Gasteiger partial charge < -0.3 is 52.1 Å². The van der Waals surface area contributed by atoms with Crippen LogP contribution in [0, 0.1) is 6.92 Å². The first-order chi connectivity index (χ1) is 51.2. The van der Waals surface area contributed by atoms with E-state index in [2.05, 4.69) is 20.1 Å². The van der Waals surface area contributed by atoms with Crippen LogP contribution in [0.2, 0.25) is 0 Å². The molecule has 0 saturated heterocycles. The van der Waals surface area contributed by atoms with Crippen molar-refractivity contribution in [3.8, 4) is 57.5 Å². The van der Waals surface area contributed by atoms with Gasteiger partial charge in [0.05, 0.1) is 42.1 Å². The van der Waals surface area contributed by atoms with E-state index < -0.39 is 29.8 Å². The number of unbranched alkanes of at least 4 members (excludes halogenated alkanes) is 4. The van der Waals surface area contributed by atoms with Crippen LogP contribution < -0.4 is 47.4 Å². The Balaban J connectivity index is 0.855. The second kappa shape index (κ2) is 38.9. The molecule has 0 aliphatic rings. The topological polar surface area (TPSA) is 204 Å². The molecule has 534 valence electrons. The highest BCUT2D eigenvalue weighted by Crippen LogP contribution is 2.40. The summed E-state index contributed by atoms with van der Waals surface area (Å²) in [7, 11) is 0. The Morgan fingerprint density at radius 3 is 0.848 bits per heavy atom. The third-order valence-electron chi connectivity index (χ3n) is 16.3. The third-order valence-corrected chi connectivity index (χ3v) is 16.3. The van der Waals surface area contributed by atoms with Crippen molar-refractivity contribution in [2.75, 3.05) is 46.2 Å². The minimum atomic E-state index is -0.601. The molecule has 0 aliphatic carbocycles. The SMILES string of the molecule is C=CC(=O)Cc1ccc(OCCOc2ccc(C(=O)Oc3ccc(/C(=C(\c4ccc(OC(=O)c5ccc(C)cc5)cc4)c4ccc(OC(=O)c5ccc(OCCOc6ccc(OCCCCCOC(=O)C=C)cc6)cc5)cc4)c4ccc(OC(=O)c5ccc(OCCCCC)cc5)cc4)cc3)cc2)cc1. The molecule has 10 aromatic rings. The number of allylic oxidation sites excluding steroid dienone is 1. The largest absolute Gasteiger partial charge is 0.494 e. The second-order valence-corrected chi connectivity index (χ2v) is 24.0. The molecule has 0 saturated carbocycles. The number of hydrogen-bond donors (Lipinski definition) is 0. The van der Waals surface area contributed by atoms with E-state index in [1.807, 2.05) is 104 Å². The highest BCUT2D eigenvalue weighted by atomic mass is 16.6. The lowest BCUT2D eigenvalue weighted by atomic mass is 9.85. The summed E-state index contributed by atoms with van der Waals surface area (Å²) in [5, 5.41) is 0. The van der Waals surface area contributed by atoms with E-state index in [0.29, 0.717) is 105 Å². The van der Waals surface area contributed by atoms with E-state index >= 15 is 0 Å². The van der Waals surface area contributed by atoms with E-state index in [-0.39, 0.29) is 67.0 Å². The van der Waals surface area contributed by atoms with E-state index in [1.54, 1.807) is 146 Å². The first-order valence-electron chi connectivity index (χ1n) is 34.6. The molecule has 0 atom stereocenters. The van der Waals surface area contributed by atoms with Gasteiger partial charge in [0.1, 0.15) is 83.9 Å². The minimum Gasteiger partial charge on any atom is -0.494 e. The average Bonchev–Trinajstić information content (AvgIpc) is 0.776. The quantitative estimate of drug-likeness (QED) is 0.0116. The number of carbonyl (C=O) groups excluding carboxylic acids is 6. The summed E-state index contributed by atoms with van der Waals surface area (Å²) >= 11 is 0. The van der Waals surface area contributed by atoms with E-state index in [1.165, 1.54) is 6.08 Å². The van der Waals surface area contributed by atoms with Gasteiger partial charge in [-0.25, -0.2) is 24.0 Å². The van der Waals surface area contributed by atoms with Crippen molar-refractivity contribution in [1.29, 1.82) is 0 Å². The maximum absolute atomic E-state index is 13.7. The summed E-state index contributed by atoms with van der Waals surface area (Å²) in [4.78, 5) is 77.4. The van der Waals surface area contributed by atoms with Gasteiger partial charge in [-0.1, -0.05) is 111 Å². The highest BCUT2D eigenvalue weighted by Gasteiger charge is 2.21. The maximum Gasteiger partial charge on any atom is 0.343 e. The molecular weight excluding hydrogens is 1330 g/mol. The van der Waals surface area contributed by atoms with Crippen molar-refractivity contribution < 1.29 is 80.9 Å². The fourth-order valence-corrected chi connectivity index (χ4v) is 10.7. The fourth-order valence-electron chi connectivity index (χ4n) is 10.7. The number of rotatable bonds is 38. The molecule has 0 N–H and O–H groups in total. The molecule has 0 aliphatic heterocycles.